The number of carbonyl (C=O) groups is 1. The number of halogens is 1. The van der Waals surface area contributed by atoms with Gasteiger partial charge in [0.1, 0.15) is 5.01 Å². The van der Waals surface area contributed by atoms with Crippen molar-refractivity contribution < 1.29 is 9.21 Å². The van der Waals surface area contributed by atoms with Crippen LogP contribution < -0.4 is 0 Å². The molecule has 0 N–H and O–H groups in total. The quantitative estimate of drug-likeness (QED) is 0.342. The van der Waals surface area contributed by atoms with Gasteiger partial charge in [-0.25, -0.2) is 4.98 Å². The van der Waals surface area contributed by atoms with Crippen LogP contribution in [0, 0.1) is 11.3 Å². The molecule has 0 aliphatic heterocycles. The second kappa shape index (κ2) is 9.22. The molecule has 2 aromatic carbocycles. The number of ketones is 1. The molecule has 0 aliphatic rings. The van der Waals surface area contributed by atoms with Crippen LogP contribution in [0.5, 0.6) is 0 Å². The molecule has 4 aromatic rings. The summed E-state index contributed by atoms with van der Waals surface area (Å²) in [6.45, 7) is 0. The molecule has 2 heterocycles. The number of carbonyl (C=O) groups excluding carboxylic acids is 1. The minimum absolute atomic E-state index is 0.0285. The van der Waals surface area contributed by atoms with E-state index in [9.17, 15) is 10.1 Å². The van der Waals surface area contributed by atoms with Gasteiger partial charge in [-0.2, -0.15) is 5.26 Å². The van der Waals surface area contributed by atoms with Gasteiger partial charge in [-0.3, -0.25) is 4.79 Å². The molecule has 9 heteroatoms. The zero-order valence-corrected chi connectivity index (χ0v) is 17.7. The highest BCUT2D eigenvalue weighted by Gasteiger charge is 2.24. The van der Waals surface area contributed by atoms with E-state index < -0.39 is 5.92 Å². The summed E-state index contributed by atoms with van der Waals surface area (Å²) < 4.78 is 5.59. The van der Waals surface area contributed by atoms with Crippen LogP contribution >= 0.6 is 34.7 Å². The highest BCUT2D eigenvalue weighted by atomic mass is 35.5. The van der Waals surface area contributed by atoms with E-state index in [2.05, 4.69) is 21.3 Å². The monoisotopic (exact) mass is 452 g/mol. The Morgan fingerprint density at radius 3 is 2.63 bits per heavy atom. The molecule has 0 fully saturated rings. The molecule has 0 amide bonds. The fourth-order valence-electron chi connectivity index (χ4n) is 2.62. The van der Waals surface area contributed by atoms with Gasteiger partial charge >= 0.3 is 0 Å². The number of nitrogens with zero attached hydrogens (tertiary/aromatic N) is 4. The molecule has 0 radical (unpaired) electrons. The summed E-state index contributed by atoms with van der Waals surface area (Å²) in [5.41, 5.74) is 2.43. The number of benzene rings is 2. The number of hydrogen-bond donors (Lipinski definition) is 0. The normalized spacial score (nSPS) is 11.7. The lowest BCUT2D eigenvalue weighted by atomic mass is 10.1. The Hall–Kier alpha value is -2.99. The zero-order chi connectivity index (χ0) is 20.9. The van der Waals surface area contributed by atoms with Gasteiger partial charge in [0.25, 0.3) is 5.22 Å². The van der Waals surface area contributed by atoms with E-state index in [1.165, 1.54) is 11.3 Å². The number of nitriles is 1. The van der Waals surface area contributed by atoms with Crippen molar-refractivity contribution in [2.75, 3.05) is 5.75 Å². The van der Waals surface area contributed by atoms with Gasteiger partial charge in [0, 0.05) is 21.5 Å². The first-order chi connectivity index (χ1) is 14.6. The van der Waals surface area contributed by atoms with Gasteiger partial charge in [0.15, 0.2) is 11.7 Å². The fraction of sp³-hybridized carbons (Fsp3) is 0.0952. The Balaban J connectivity index is 1.41. The predicted octanol–water partition coefficient (Wildman–Crippen LogP) is 5.48. The summed E-state index contributed by atoms with van der Waals surface area (Å²) in [4.78, 5) is 17.1. The average Bonchev–Trinajstić information content (AvgIpc) is 3.44. The molecule has 6 nitrogen and oxygen atoms in total. The van der Waals surface area contributed by atoms with Crippen LogP contribution in [-0.4, -0.2) is 26.7 Å². The van der Waals surface area contributed by atoms with E-state index in [-0.39, 0.29) is 16.8 Å². The van der Waals surface area contributed by atoms with Gasteiger partial charge in [-0.1, -0.05) is 53.7 Å². The summed E-state index contributed by atoms with van der Waals surface area (Å²) in [6, 6.07) is 18.7. The second-order valence-electron chi connectivity index (χ2n) is 6.13. The Labute approximate surface area is 185 Å². The highest BCUT2D eigenvalue weighted by molar-refractivity contribution is 7.99. The van der Waals surface area contributed by atoms with Crippen LogP contribution in [-0.2, 0) is 4.79 Å². The fourth-order valence-corrected chi connectivity index (χ4v) is 4.31. The van der Waals surface area contributed by atoms with Gasteiger partial charge < -0.3 is 4.42 Å². The van der Waals surface area contributed by atoms with Gasteiger partial charge in [-0.15, -0.1) is 21.5 Å². The predicted molar refractivity (Wildman–Crippen MR) is 116 cm³/mol. The summed E-state index contributed by atoms with van der Waals surface area (Å²) in [5, 5.41) is 20.7. The largest absolute Gasteiger partial charge is 0.411 e. The second-order valence-corrected chi connectivity index (χ2v) is 8.39. The molecule has 0 bridgehead atoms. The van der Waals surface area contributed by atoms with E-state index >= 15 is 0 Å². The SMILES string of the molecule is N#CC(C(=O)CSc1nnc(-c2ccc(Cl)cc2)o1)c1nc(-c2ccccc2)cs1. The van der Waals surface area contributed by atoms with Crippen LogP contribution in [0.25, 0.3) is 22.7 Å². The number of Topliss-reactive ketones (excluding diaryl/α,β-unsaturated/α-hetero) is 1. The Kier molecular flexibility index (Phi) is 6.23. The first-order valence-electron chi connectivity index (χ1n) is 8.79. The van der Waals surface area contributed by atoms with Gasteiger partial charge in [0.2, 0.25) is 5.89 Å². The lowest BCUT2D eigenvalue weighted by Gasteiger charge is -2.03. The van der Waals surface area contributed by atoms with Gasteiger partial charge in [0.05, 0.1) is 17.5 Å². The van der Waals surface area contributed by atoms with E-state index in [1.807, 2.05) is 35.7 Å². The number of thiazole rings is 1. The van der Waals surface area contributed by atoms with Gasteiger partial charge in [-0.05, 0) is 24.3 Å². The van der Waals surface area contributed by atoms with Crippen molar-refractivity contribution in [3.05, 3.63) is 70.0 Å². The van der Waals surface area contributed by atoms with Crippen molar-refractivity contribution in [2.24, 2.45) is 0 Å². The third-order valence-corrected chi connectivity index (χ3v) is 6.13. The number of rotatable bonds is 7. The van der Waals surface area contributed by atoms with Crippen molar-refractivity contribution in [1.82, 2.24) is 15.2 Å². The first kappa shape index (κ1) is 20.3. The molecule has 0 spiro atoms. The maximum absolute atomic E-state index is 12.6. The van der Waals surface area contributed by atoms with Crippen molar-refractivity contribution in [3.63, 3.8) is 0 Å². The smallest absolute Gasteiger partial charge is 0.277 e. The Morgan fingerprint density at radius 1 is 1.13 bits per heavy atom. The highest BCUT2D eigenvalue weighted by Crippen LogP contribution is 2.29. The summed E-state index contributed by atoms with van der Waals surface area (Å²) >= 11 is 8.28. The summed E-state index contributed by atoms with van der Waals surface area (Å²) in [7, 11) is 0. The molecule has 4 rings (SSSR count). The minimum Gasteiger partial charge on any atom is -0.411 e. The lowest BCUT2D eigenvalue weighted by Crippen LogP contribution is -2.13. The molecule has 30 heavy (non-hydrogen) atoms. The standard InChI is InChI=1S/C21H13ClN4O2S2/c22-15-8-6-14(7-9-15)19-25-26-21(28-19)30-12-18(27)16(10-23)20-24-17(11-29-20)13-4-2-1-3-5-13/h1-9,11,16H,12H2. The number of hydrogen-bond acceptors (Lipinski definition) is 8. The van der Waals surface area contributed by atoms with Crippen LogP contribution in [0.1, 0.15) is 10.9 Å². The molecule has 1 atom stereocenters. The molecular weight excluding hydrogens is 440 g/mol. The number of thioether (sulfide) groups is 1. The average molecular weight is 453 g/mol. The summed E-state index contributed by atoms with van der Waals surface area (Å²) in [5.74, 6) is -0.826. The van der Waals surface area contributed by atoms with Crippen LogP contribution in [0.15, 0.2) is 69.6 Å². The van der Waals surface area contributed by atoms with E-state index in [4.69, 9.17) is 16.0 Å². The Bertz CT molecular complexity index is 1200. The first-order valence-corrected chi connectivity index (χ1v) is 11.0. The number of aromatic nitrogens is 3. The van der Waals surface area contributed by atoms with Crippen LogP contribution in [0.3, 0.4) is 0 Å². The zero-order valence-electron chi connectivity index (χ0n) is 15.4. The van der Waals surface area contributed by atoms with Crippen LogP contribution in [0.4, 0.5) is 0 Å². The van der Waals surface area contributed by atoms with Crippen molar-refractivity contribution >= 4 is 40.5 Å². The van der Waals surface area contributed by atoms with E-state index in [0.29, 0.717) is 15.9 Å². The molecule has 1 unspecified atom stereocenters. The molecule has 2 aromatic heterocycles. The lowest BCUT2D eigenvalue weighted by molar-refractivity contribution is -0.116. The van der Waals surface area contributed by atoms with Crippen LogP contribution in [0.2, 0.25) is 5.02 Å². The van der Waals surface area contributed by atoms with Crippen molar-refractivity contribution in [1.29, 1.82) is 5.26 Å². The van der Waals surface area contributed by atoms with E-state index in [1.54, 1.807) is 24.3 Å². The molecular formula is C21H13ClN4O2S2. The third-order valence-electron chi connectivity index (χ3n) is 4.13. The molecule has 0 aliphatic carbocycles. The minimum atomic E-state index is -0.932. The molecule has 0 saturated heterocycles. The van der Waals surface area contributed by atoms with E-state index in [0.717, 1.165) is 28.6 Å². The van der Waals surface area contributed by atoms with Crippen molar-refractivity contribution in [2.45, 2.75) is 11.1 Å². The molecule has 0 saturated carbocycles. The third kappa shape index (κ3) is 4.60. The van der Waals surface area contributed by atoms with Crippen molar-refractivity contribution in [3.8, 4) is 28.8 Å². The topological polar surface area (TPSA) is 92.7 Å². The molecule has 148 valence electrons. The maximum Gasteiger partial charge on any atom is 0.277 e. The Morgan fingerprint density at radius 2 is 1.90 bits per heavy atom. The maximum atomic E-state index is 12.6. The summed E-state index contributed by atoms with van der Waals surface area (Å²) in [6.07, 6.45) is 0.